The number of hydrogen-bond acceptors (Lipinski definition) is 6. The quantitative estimate of drug-likeness (QED) is 0.541. The number of benzene rings is 1. The van der Waals surface area contributed by atoms with Gasteiger partial charge in [0.25, 0.3) is 5.89 Å². The lowest BCUT2D eigenvalue weighted by Gasteiger charge is -2.07. The number of carbonyl (C=O) groups is 1. The van der Waals surface area contributed by atoms with E-state index < -0.39 is 0 Å². The van der Waals surface area contributed by atoms with E-state index in [4.69, 9.17) is 4.52 Å². The van der Waals surface area contributed by atoms with Crippen molar-refractivity contribution in [3.05, 3.63) is 59.3 Å². The molecule has 4 rings (SSSR count). The van der Waals surface area contributed by atoms with Crippen molar-refractivity contribution in [2.45, 2.75) is 40.0 Å². The van der Waals surface area contributed by atoms with E-state index in [0.717, 1.165) is 29.7 Å². The van der Waals surface area contributed by atoms with Gasteiger partial charge in [0.1, 0.15) is 5.82 Å². The number of aryl methyl sites for hydroxylation is 3. The molecule has 0 aliphatic carbocycles. The number of pyridine rings is 1. The van der Waals surface area contributed by atoms with Gasteiger partial charge < -0.3 is 9.84 Å². The molecule has 4 aromatic rings. The topological polar surface area (TPSA) is 98.2 Å². The molecule has 0 atom stereocenters. The molecule has 0 saturated carbocycles. The summed E-state index contributed by atoms with van der Waals surface area (Å²) in [5.74, 6) is 1.50. The van der Waals surface area contributed by atoms with Crippen LogP contribution in [0.5, 0.6) is 0 Å². The summed E-state index contributed by atoms with van der Waals surface area (Å²) >= 11 is 0. The summed E-state index contributed by atoms with van der Waals surface area (Å²) < 4.78 is 7.13. The molecule has 0 unspecified atom stereocenters. The average Bonchev–Trinajstić information content (AvgIpc) is 3.32. The van der Waals surface area contributed by atoms with Crippen LogP contribution in [0.2, 0.25) is 0 Å². The summed E-state index contributed by atoms with van der Waals surface area (Å²) in [6.07, 6.45) is 3.63. The van der Waals surface area contributed by atoms with Crippen LogP contribution in [0.15, 0.2) is 41.1 Å². The zero-order valence-electron chi connectivity index (χ0n) is 16.6. The molecule has 0 fully saturated rings. The minimum absolute atomic E-state index is 0.0997. The predicted molar refractivity (Wildman–Crippen MR) is 109 cm³/mol. The van der Waals surface area contributed by atoms with Crippen LogP contribution in [0.4, 0.5) is 5.69 Å². The molecular formula is C21H22N6O2. The van der Waals surface area contributed by atoms with E-state index in [2.05, 4.69) is 32.6 Å². The molecule has 0 bridgehead atoms. The molecule has 29 heavy (non-hydrogen) atoms. The van der Waals surface area contributed by atoms with Gasteiger partial charge in [-0.25, -0.2) is 0 Å². The largest absolute Gasteiger partial charge is 0.334 e. The fourth-order valence-corrected chi connectivity index (χ4v) is 3.05. The molecule has 8 heteroatoms. The molecule has 1 aromatic carbocycles. The first-order valence-corrected chi connectivity index (χ1v) is 9.57. The van der Waals surface area contributed by atoms with Gasteiger partial charge in [0, 0.05) is 18.3 Å². The Morgan fingerprint density at radius 1 is 1.14 bits per heavy atom. The summed E-state index contributed by atoms with van der Waals surface area (Å²) in [5.41, 5.74) is 4.48. The van der Waals surface area contributed by atoms with Crippen LogP contribution in [-0.4, -0.2) is 30.6 Å². The monoisotopic (exact) mass is 390 g/mol. The van der Waals surface area contributed by atoms with Gasteiger partial charge in [-0.3, -0.25) is 9.20 Å². The third-order valence-corrected chi connectivity index (χ3v) is 4.77. The van der Waals surface area contributed by atoms with E-state index in [9.17, 15) is 4.79 Å². The second-order valence-electron chi connectivity index (χ2n) is 7.05. The molecule has 1 amide bonds. The van der Waals surface area contributed by atoms with Crippen molar-refractivity contribution in [1.82, 2.24) is 24.7 Å². The van der Waals surface area contributed by atoms with Gasteiger partial charge >= 0.3 is 0 Å². The molecule has 0 aliphatic heterocycles. The fourth-order valence-electron chi connectivity index (χ4n) is 3.05. The normalized spacial score (nSPS) is 11.1. The zero-order chi connectivity index (χ0) is 20.4. The lowest BCUT2D eigenvalue weighted by Crippen LogP contribution is -2.16. The van der Waals surface area contributed by atoms with Crippen molar-refractivity contribution in [3.8, 4) is 11.5 Å². The molecule has 1 N–H and O–H groups in total. The average molecular weight is 390 g/mol. The van der Waals surface area contributed by atoms with E-state index >= 15 is 0 Å². The maximum atomic E-state index is 12.5. The molecule has 0 saturated heterocycles. The van der Waals surface area contributed by atoms with Crippen LogP contribution in [0, 0.1) is 13.8 Å². The van der Waals surface area contributed by atoms with Gasteiger partial charge in [0.2, 0.25) is 5.91 Å². The Labute approximate surface area is 168 Å². The Bertz CT molecular complexity index is 1180. The maximum absolute atomic E-state index is 12.5. The first-order valence-electron chi connectivity index (χ1n) is 9.57. The molecular weight excluding hydrogens is 368 g/mol. The first-order chi connectivity index (χ1) is 14.0. The second-order valence-corrected chi connectivity index (χ2v) is 7.05. The van der Waals surface area contributed by atoms with Crippen molar-refractivity contribution in [2.75, 3.05) is 5.32 Å². The van der Waals surface area contributed by atoms with E-state index in [1.54, 1.807) is 4.40 Å². The minimum atomic E-state index is -0.157. The van der Waals surface area contributed by atoms with Crippen LogP contribution < -0.4 is 5.32 Å². The van der Waals surface area contributed by atoms with Crippen molar-refractivity contribution < 1.29 is 9.32 Å². The van der Waals surface area contributed by atoms with Gasteiger partial charge in [-0.1, -0.05) is 18.1 Å². The number of amides is 1. The Balaban J connectivity index is 1.55. The molecule has 8 nitrogen and oxygen atoms in total. The SMILES string of the molecule is CCCc1noc(-c2ccc3nnc(CC(=O)Nc4ccc(C)c(C)c4)n3c2)n1. The number of nitrogens with zero attached hydrogens (tertiary/aromatic N) is 5. The number of carbonyl (C=O) groups excluding carboxylic acids is 1. The Morgan fingerprint density at radius 2 is 2.00 bits per heavy atom. The summed E-state index contributed by atoms with van der Waals surface area (Å²) in [5, 5.41) is 15.2. The number of nitrogens with one attached hydrogen (secondary N) is 1. The molecule has 0 spiro atoms. The van der Waals surface area contributed by atoms with Gasteiger partial charge in [0.05, 0.1) is 12.0 Å². The Morgan fingerprint density at radius 3 is 2.79 bits per heavy atom. The van der Waals surface area contributed by atoms with Crippen LogP contribution >= 0.6 is 0 Å². The van der Waals surface area contributed by atoms with Gasteiger partial charge in [-0.15, -0.1) is 10.2 Å². The lowest BCUT2D eigenvalue weighted by atomic mass is 10.1. The summed E-state index contributed by atoms with van der Waals surface area (Å²) in [4.78, 5) is 16.9. The number of anilines is 1. The van der Waals surface area contributed by atoms with Crippen LogP contribution in [0.25, 0.3) is 17.1 Å². The summed E-state index contributed by atoms with van der Waals surface area (Å²) in [6, 6.07) is 9.50. The van der Waals surface area contributed by atoms with E-state index in [1.165, 1.54) is 5.56 Å². The third kappa shape index (κ3) is 4.01. The smallest absolute Gasteiger partial charge is 0.259 e. The zero-order valence-corrected chi connectivity index (χ0v) is 16.6. The highest BCUT2D eigenvalue weighted by Crippen LogP contribution is 2.19. The predicted octanol–water partition coefficient (Wildman–Crippen LogP) is 3.53. The summed E-state index contributed by atoms with van der Waals surface area (Å²) in [7, 11) is 0. The van der Waals surface area contributed by atoms with E-state index in [0.29, 0.717) is 23.2 Å². The minimum Gasteiger partial charge on any atom is -0.334 e. The van der Waals surface area contributed by atoms with Crippen molar-refractivity contribution in [2.24, 2.45) is 0 Å². The van der Waals surface area contributed by atoms with Crippen molar-refractivity contribution in [3.63, 3.8) is 0 Å². The molecule has 0 aliphatic rings. The van der Waals surface area contributed by atoms with E-state index in [1.807, 2.05) is 50.4 Å². The van der Waals surface area contributed by atoms with Gasteiger partial charge in [0.15, 0.2) is 11.5 Å². The maximum Gasteiger partial charge on any atom is 0.259 e. The number of hydrogen-bond donors (Lipinski definition) is 1. The first kappa shape index (κ1) is 18.8. The standard InChI is InChI=1S/C21H22N6O2/c1-4-5-17-23-21(29-26-17)15-7-9-18-24-25-19(27(18)12-15)11-20(28)22-16-8-6-13(2)14(3)10-16/h6-10,12H,4-5,11H2,1-3H3,(H,22,28). The van der Waals surface area contributed by atoms with Crippen LogP contribution in [0.3, 0.4) is 0 Å². The summed E-state index contributed by atoms with van der Waals surface area (Å²) in [6.45, 7) is 6.12. The van der Waals surface area contributed by atoms with Crippen LogP contribution in [0.1, 0.15) is 36.1 Å². The van der Waals surface area contributed by atoms with Crippen molar-refractivity contribution >= 4 is 17.2 Å². The van der Waals surface area contributed by atoms with Crippen molar-refractivity contribution in [1.29, 1.82) is 0 Å². The number of fused-ring (bicyclic) bond motifs is 1. The van der Waals surface area contributed by atoms with E-state index in [-0.39, 0.29) is 12.3 Å². The molecule has 0 radical (unpaired) electrons. The third-order valence-electron chi connectivity index (χ3n) is 4.77. The molecule has 3 heterocycles. The number of aromatic nitrogens is 5. The molecule has 3 aromatic heterocycles. The Kier molecular flexibility index (Phi) is 5.07. The van der Waals surface area contributed by atoms with Crippen LogP contribution in [-0.2, 0) is 17.6 Å². The van der Waals surface area contributed by atoms with Gasteiger partial charge in [-0.05, 0) is 55.7 Å². The fraction of sp³-hybridized carbons (Fsp3) is 0.286. The number of rotatable bonds is 6. The lowest BCUT2D eigenvalue weighted by molar-refractivity contribution is -0.115. The molecule has 148 valence electrons. The van der Waals surface area contributed by atoms with Gasteiger partial charge in [-0.2, -0.15) is 4.98 Å². The highest BCUT2D eigenvalue weighted by Gasteiger charge is 2.14. The highest BCUT2D eigenvalue weighted by molar-refractivity contribution is 5.92. The second kappa shape index (κ2) is 7.83. The Hall–Kier alpha value is -3.55. The highest BCUT2D eigenvalue weighted by atomic mass is 16.5.